The molecule has 29 heavy (non-hydrogen) atoms. The molecule has 7 heteroatoms. The van der Waals surface area contributed by atoms with Gasteiger partial charge in [0.15, 0.2) is 0 Å². The molecule has 3 heterocycles. The molecule has 0 bridgehead atoms. The van der Waals surface area contributed by atoms with Gasteiger partial charge in [-0.3, -0.25) is 14.5 Å². The first kappa shape index (κ1) is 19.1. The smallest absolute Gasteiger partial charge is 0.252 e. The second-order valence-electron chi connectivity index (χ2n) is 6.93. The van der Waals surface area contributed by atoms with Crippen molar-refractivity contribution in [3.63, 3.8) is 0 Å². The molecule has 4 aromatic rings. The number of fused-ring (bicyclic) bond motifs is 1. The second kappa shape index (κ2) is 7.64. The molecule has 0 fully saturated rings. The van der Waals surface area contributed by atoms with Gasteiger partial charge in [-0.1, -0.05) is 23.7 Å². The molecule has 0 aliphatic carbocycles. The molecule has 1 N–H and O–H groups in total. The Hall–Kier alpha value is -3.25. The topological polar surface area (TPSA) is 72.7 Å². The zero-order chi connectivity index (χ0) is 20.5. The van der Waals surface area contributed by atoms with Crippen LogP contribution in [0.1, 0.15) is 27.2 Å². The predicted octanol–water partition coefficient (Wildman–Crippen LogP) is 4.23. The highest BCUT2D eigenvalue weighted by atomic mass is 35.5. The van der Waals surface area contributed by atoms with Gasteiger partial charge >= 0.3 is 0 Å². The summed E-state index contributed by atoms with van der Waals surface area (Å²) in [5.41, 5.74) is 5.27. The third-order valence-corrected chi connectivity index (χ3v) is 5.30. The summed E-state index contributed by atoms with van der Waals surface area (Å²) >= 11 is 6.31. The summed E-state index contributed by atoms with van der Waals surface area (Å²) in [7, 11) is 1.86. The number of nitrogens with zero attached hydrogens (tertiary/aromatic N) is 4. The van der Waals surface area contributed by atoms with E-state index < -0.39 is 0 Å². The standard InChI is InChI=1S/C22H20ClN5O/c1-13-18(23)8-7-16-17(22(29)25-11-15-12-28(3)27-14(15)2)10-20(26-21(13)16)19-6-4-5-9-24-19/h4-10,12H,11H2,1-3H3,(H,25,29). The van der Waals surface area contributed by atoms with Crippen LogP contribution in [0.5, 0.6) is 0 Å². The fraction of sp³-hybridized carbons (Fsp3) is 0.182. The zero-order valence-electron chi connectivity index (χ0n) is 16.4. The Bertz CT molecular complexity index is 1220. The maximum Gasteiger partial charge on any atom is 0.252 e. The Morgan fingerprint density at radius 3 is 2.69 bits per heavy atom. The van der Waals surface area contributed by atoms with Gasteiger partial charge in [-0.2, -0.15) is 5.10 Å². The number of nitrogens with one attached hydrogen (secondary N) is 1. The van der Waals surface area contributed by atoms with E-state index in [0.717, 1.165) is 22.2 Å². The normalized spacial score (nSPS) is 11.0. The van der Waals surface area contributed by atoms with Crippen LogP contribution in [-0.2, 0) is 13.6 Å². The molecule has 1 amide bonds. The summed E-state index contributed by atoms with van der Waals surface area (Å²) in [5.74, 6) is -0.181. The highest BCUT2D eigenvalue weighted by Gasteiger charge is 2.17. The van der Waals surface area contributed by atoms with Crippen molar-refractivity contribution in [3.05, 3.63) is 76.2 Å². The van der Waals surface area contributed by atoms with Crippen molar-refractivity contribution in [2.24, 2.45) is 7.05 Å². The molecular weight excluding hydrogens is 386 g/mol. The third kappa shape index (κ3) is 3.71. The number of benzene rings is 1. The number of rotatable bonds is 4. The Balaban J connectivity index is 1.78. The molecule has 0 aliphatic heterocycles. The molecule has 4 rings (SSSR count). The molecule has 0 atom stereocenters. The number of halogens is 1. The summed E-state index contributed by atoms with van der Waals surface area (Å²) in [4.78, 5) is 22.2. The van der Waals surface area contributed by atoms with Crippen molar-refractivity contribution in [2.45, 2.75) is 20.4 Å². The molecule has 6 nitrogen and oxygen atoms in total. The summed E-state index contributed by atoms with van der Waals surface area (Å²) < 4.78 is 1.74. The van der Waals surface area contributed by atoms with Gasteiger partial charge < -0.3 is 5.32 Å². The number of carbonyl (C=O) groups excluding carboxylic acids is 1. The average Bonchev–Trinajstić information content (AvgIpc) is 3.06. The van der Waals surface area contributed by atoms with Crippen LogP contribution in [0.15, 0.2) is 48.8 Å². The van der Waals surface area contributed by atoms with Crippen LogP contribution in [0, 0.1) is 13.8 Å². The average molecular weight is 406 g/mol. The minimum absolute atomic E-state index is 0.181. The van der Waals surface area contributed by atoms with E-state index in [2.05, 4.69) is 15.4 Å². The van der Waals surface area contributed by atoms with Crippen LogP contribution in [0.25, 0.3) is 22.3 Å². The van der Waals surface area contributed by atoms with Gasteiger partial charge in [0.2, 0.25) is 0 Å². The van der Waals surface area contributed by atoms with E-state index >= 15 is 0 Å². The molecule has 3 aromatic heterocycles. The molecule has 0 aliphatic rings. The summed E-state index contributed by atoms with van der Waals surface area (Å²) in [6, 6.07) is 11.0. The number of aryl methyl sites for hydroxylation is 3. The number of carbonyl (C=O) groups is 1. The van der Waals surface area contributed by atoms with Crippen molar-refractivity contribution < 1.29 is 4.79 Å². The monoisotopic (exact) mass is 405 g/mol. The predicted molar refractivity (Wildman–Crippen MR) is 114 cm³/mol. The molecule has 0 saturated heterocycles. The van der Waals surface area contributed by atoms with Crippen LogP contribution in [0.3, 0.4) is 0 Å². The fourth-order valence-corrected chi connectivity index (χ4v) is 3.48. The van der Waals surface area contributed by atoms with Crippen molar-refractivity contribution in [3.8, 4) is 11.4 Å². The number of hydrogen-bond acceptors (Lipinski definition) is 4. The van der Waals surface area contributed by atoms with Gasteiger partial charge in [-0.25, -0.2) is 4.98 Å². The first-order chi connectivity index (χ1) is 13.9. The Morgan fingerprint density at radius 2 is 2.00 bits per heavy atom. The largest absolute Gasteiger partial charge is 0.348 e. The highest BCUT2D eigenvalue weighted by molar-refractivity contribution is 6.32. The van der Waals surface area contributed by atoms with E-state index in [1.807, 2.05) is 51.4 Å². The summed E-state index contributed by atoms with van der Waals surface area (Å²) in [6.45, 7) is 4.22. The molecule has 146 valence electrons. The summed E-state index contributed by atoms with van der Waals surface area (Å²) in [5, 5.41) is 8.69. The minimum Gasteiger partial charge on any atom is -0.348 e. The molecule has 0 unspecified atom stereocenters. The van der Waals surface area contributed by atoms with Crippen LogP contribution in [-0.4, -0.2) is 25.7 Å². The van der Waals surface area contributed by atoms with Crippen LogP contribution in [0.2, 0.25) is 5.02 Å². The van der Waals surface area contributed by atoms with Gasteiger partial charge in [0.05, 0.1) is 28.2 Å². The van der Waals surface area contributed by atoms with Crippen LogP contribution in [0.4, 0.5) is 0 Å². The lowest BCUT2D eigenvalue weighted by atomic mass is 10.0. The van der Waals surface area contributed by atoms with E-state index in [4.69, 9.17) is 16.6 Å². The first-order valence-corrected chi connectivity index (χ1v) is 9.60. The van der Waals surface area contributed by atoms with Crippen molar-refractivity contribution >= 4 is 28.4 Å². The van der Waals surface area contributed by atoms with Gasteiger partial charge in [-0.05, 0) is 43.7 Å². The van der Waals surface area contributed by atoms with Gasteiger partial charge in [-0.15, -0.1) is 0 Å². The van der Waals surface area contributed by atoms with E-state index in [1.165, 1.54) is 0 Å². The molecule has 0 saturated carbocycles. The quantitative estimate of drug-likeness (QED) is 0.551. The second-order valence-corrected chi connectivity index (χ2v) is 7.34. The molecule has 0 radical (unpaired) electrons. The molecule has 1 aromatic carbocycles. The van der Waals surface area contributed by atoms with Crippen LogP contribution < -0.4 is 5.32 Å². The third-order valence-electron chi connectivity index (χ3n) is 4.89. The summed E-state index contributed by atoms with van der Waals surface area (Å²) in [6.07, 6.45) is 3.61. The minimum atomic E-state index is -0.181. The van der Waals surface area contributed by atoms with Crippen molar-refractivity contribution in [1.29, 1.82) is 0 Å². The van der Waals surface area contributed by atoms with Crippen molar-refractivity contribution in [2.75, 3.05) is 0 Å². The Morgan fingerprint density at radius 1 is 1.17 bits per heavy atom. The lowest BCUT2D eigenvalue weighted by molar-refractivity contribution is 0.0952. The van der Waals surface area contributed by atoms with Gasteiger partial charge in [0.25, 0.3) is 5.91 Å². The fourth-order valence-electron chi connectivity index (χ4n) is 3.33. The van der Waals surface area contributed by atoms with Gasteiger partial charge in [0, 0.05) is 42.0 Å². The zero-order valence-corrected chi connectivity index (χ0v) is 17.2. The van der Waals surface area contributed by atoms with E-state index in [1.54, 1.807) is 23.0 Å². The van der Waals surface area contributed by atoms with Gasteiger partial charge in [0.1, 0.15) is 0 Å². The molecular formula is C22H20ClN5O. The number of pyridine rings is 2. The molecule has 0 spiro atoms. The SMILES string of the molecule is Cc1nn(C)cc1CNC(=O)c1cc(-c2ccccn2)nc2c(C)c(Cl)ccc12. The number of aromatic nitrogens is 4. The van der Waals surface area contributed by atoms with Crippen LogP contribution >= 0.6 is 11.6 Å². The van der Waals surface area contributed by atoms with E-state index in [0.29, 0.717) is 34.0 Å². The van der Waals surface area contributed by atoms with E-state index in [-0.39, 0.29) is 5.91 Å². The van der Waals surface area contributed by atoms with E-state index in [9.17, 15) is 4.79 Å². The van der Waals surface area contributed by atoms with Crippen molar-refractivity contribution in [1.82, 2.24) is 25.1 Å². The Labute approximate surface area is 173 Å². The highest BCUT2D eigenvalue weighted by Crippen LogP contribution is 2.29. The Kier molecular flexibility index (Phi) is 5.03. The maximum atomic E-state index is 13.1. The number of hydrogen-bond donors (Lipinski definition) is 1. The lowest BCUT2D eigenvalue weighted by Gasteiger charge is -2.12. The first-order valence-electron chi connectivity index (χ1n) is 9.22. The lowest BCUT2D eigenvalue weighted by Crippen LogP contribution is -2.23. The maximum absolute atomic E-state index is 13.1. The number of amides is 1.